The van der Waals surface area contributed by atoms with Crippen molar-refractivity contribution in [2.75, 3.05) is 32.5 Å². The summed E-state index contributed by atoms with van der Waals surface area (Å²) in [4.78, 5) is 22.7. The molecule has 0 fully saturated rings. The minimum Gasteiger partial charge on any atom is -0.349 e. The maximum absolute atomic E-state index is 12.2. The van der Waals surface area contributed by atoms with Crippen LogP contribution in [0.3, 0.4) is 0 Å². The van der Waals surface area contributed by atoms with Crippen molar-refractivity contribution in [3.8, 4) is 0 Å². The number of halogens is 1. The van der Waals surface area contributed by atoms with Crippen LogP contribution in [-0.4, -0.2) is 48.0 Å². The van der Waals surface area contributed by atoms with Gasteiger partial charge in [0.05, 0.1) is 0 Å². The zero-order valence-electron chi connectivity index (χ0n) is 13.4. The summed E-state index contributed by atoms with van der Waals surface area (Å²) < 4.78 is 0. The Morgan fingerprint density at radius 1 is 1.22 bits per heavy atom. The topological polar surface area (TPSA) is 70.2 Å². The summed E-state index contributed by atoms with van der Waals surface area (Å²) in [5.41, 5.74) is 1.18. The number of carbonyl (C=O) groups excluding carboxylic acids is 1. The highest BCUT2D eigenvalue weighted by molar-refractivity contribution is 6.30. The molecule has 0 saturated heterocycles. The van der Waals surface area contributed by atoms with Crippen LogP contribution < -0.4 is 10.6 Å². The Morgan fingerprint density at radius 3 is 2.57 bits per heavy atom. The standard InChI is InChI=1S/C16H20ClN5O/c1-11-19-14(16(23)18-8-9-22(2)3)10-15(20-11)21-13-6-4-12(17)5-7-13/h4-7,10H,8-9H2,1-3H3,(H,18,23)(H,19,20,21). The van der Waals surface area contributed by atoms with Gasteiger partial charge in [-0.1, -0.05) is 11.6 Å². The molecular weight excluding hydrogens is 314 g/mol. The van der Waals surface area contributed by atoms with E-state index >= 15 is 0 Å². The van der Waals surface area contributed by atoms with E-state index in [2.05, 4.69) is 20.6 Å². The van der Waals surface area contributed by atoms with Crippen LogP contribution in [0, 0.1) is 6.92 Å². The van der Waals surface area contributed by atoms with Crippen LogP contribution in [0.25, 0.3) is 0 Å². The molecule has 1 aromatic carbocycles. The van der Waals surface area contributed by atoms with Crippen molar-refractivity contribution in [2.24, 2.45) is 0 Å². The first-order valence-corrected chi connectivity index (χ1v) is 7.63. The molecule has 2 rings (SSSR count). The van der Waals surface area contributed by atoms with Crippen molar-refractivity contribution in [1.82, 2.24) is 20.2 Å². The summed E-state index contributed by atoms with van der Waals surface area (Å²) in [6.07, 6.45) is 0. The van der Waals surface area contributed by atoms with Gasteiger partial charge in [0, 0.05) is 29.9 Å². The number of hydrogen-bond donors (Lipinski definition) is 2. The van der Waals surface area contributed by atoms with Crippen LogP contribution in [0.4, 0.5) is 11.5 Å². The number of nitrogens with zero attached hydrogens (tertiary/aromatic N) is 3. The van der Waals surface area contributed by atoms with Gasteiger partial charge in [-0.3, -0.25) is 4.79 Å². The lowest BCUT2D eigenvalue weighted by atomic mass is 10.3. The quantitative estimate of drug-likeness (QED) is 0.850. The number of anilines is 2. The van der Waals surface area contributed by atoms with Gasteiger partial charge in [0.1, 0.15) is 17.3 Å². The number of benzene rings is 1. The third-order valence-corrected chi connectivity index (χ3v) is 3.28. The second-order valence-corrected chi connectivity index (χ2v) is 5.81. The van der Waals surface area contributed by atoms with Gasteiger partial charge in [0.15, 0.2) is 0 Å². The summed E-state index contributed by atoms with van der Waals surface area (Å²) in [6, 6.07) is 8.89. The molecule has 0 radical (unpaired) electrons. The van der Waals surface area contributed by atoms with Gasteiger partial charge in [-0.25, -0.2) is 9.97 Å². The molecule has 0 spiro atoms. The number of nitrogens with one attached hydrogen (secondary N) is 2. The van der Waals surface area contributed by atoms with Crippen LogP contribution in [0.1, 0.15) is 16.3 Å². The zero-order chi connectivity index (χ0) is 16.8. The average Bonchev–Trinajstić information content (AvgIpc) is 2.48. The first-order valence-electron chi connectivity index (χ1n) is 7.25. The lowest BCUT2D eigenvalue weighted by molar-refractivity contribution is 0.0945. The molecule has 2 N–H and O–H groups in total. The number of carbonyl (C=O) groups is 1. The fraction of sp³-hybridized carbons (Fsp3) is 0.312. The number of amides is 1. The van der Waals surface area contributed by atoms with Crippen LogP contribution in [0.2, 0.25) is 5.02 Å². The van der Waals surface area contributed by atoms with E-state index < -0.39 is 0 Å². The van der Waals surface area contributed by atoms with Crippen LogP contribution in [-0.2, 0) is 0 Å². The molecule has 122 valence electrons. The smallest absolute Gasteiger partial charge is 0.270 e. The van der Waals surface area contributed by atoms with Gasteiger partial charge >= 0.3 is 0 Å². The predicted octanol–water partition coefficient (Wildman–Crippen LogP) is 2.47. The number of aryl methyl sites for hydroxylation is 1. The molecule has 0 saturated carbocycles. The molecule has 0 aliphatic rings. The molecule has 1 amide bonds. The van der Waals surface area contributed by atoms with Gasteiger partial charge in [-0.05, 0) is 45.3 Å². The number of aromatic nitrogens is 2. The lowest BCUT2D eigenvalue weighted by Gasteiger charge is -2.11. The van der Waals surface area contributed by atoms with E-state index in [4.69, 9.17) is 11.6 Å². The molecule has 2 aromatic rings. The second kappa shape index (κ2) is 7.89. The van der Waals surface area contributed by atoms with Crippen molar-refractivity contribution in [1.29, 1.82) is 0 Å². The predicted molar refractivity (Wildman–Crippen MR) is 92.4 cm³/mol. The highest BCUT2D eigenvalue weighted by Crippen LogP contribution is 2.18. The van der Waals surface area contributed by atoms with Crippen LogP contribution >= 0.6 is 11.6 Å². The first kappa shape index (κ1) is 17.2. The van der Waals surface area contributed by atoms with E-state index in [-0.39, 0.29) is 5.91 Å². The van der Waals surface area contributed by atoms with Crippen LogP contribution in [0.15, 0.2) is 30.3 Å². The molecule has 0 bridgehead atoms. The Hall–Kier alpha value is -2.18. The highest BCUT2D eigenvalue weighted by Gasteiger charge is 2.10. The molecule has 0 unspecified atom stereocenters. The monoisotopic (exact) mass is 333 g/mol. The molecule has 0 aliphatic carbocycles. The van der Waals surface area contributed by atoms with E-state index in [9.17, 15) is 4.79 Å². The number of likely N-dealkylation sites (N-methyl/N-ethyl adjacent to an activating group) is 1. The Balaban J connectivity index is 2.08. The van der Waals surface area contributed by atoms with Gasteiger partial charge in [0.25, 0.3) is 5.91 Å². The molecule has 0 aliphatic heterocycles. The van der Waals surface area contributed by atoms with Crippen LogP contribution in [0.5, 0.6) is 0 Å². The first-order chi connectivity index (χ1) is 10.9. The zero-order valence-corrected chi connectivity index (χ0v) is 14.2. The summed E-state index contributed by atoms with van der Waals surface area (Å²) in [5, 5.41) is 6.65. The van der Waals surface area contributed by atoms with Gasteiger partial charge in [-0.15, -0.1) is 0 Å². The second-order valence-electron chi connectivity index (χ2n) is 5.38. The third-order valence-electron chi connectivity index (χ3n) is 3.03. The molecule has 7 heteroatoms. The summed E-state index contributed by atoms with van der Waals surface area (Å²) in [7, 11) is 3.91. The third kappa shape index (κ3) is 5.50. The molecule has 1 aromatic heterocycles. The maximum atomic E-state index is 12.2. The van der Waals surface area contributed by atoms with E-state index in [0.717, 1.165) is 12.2 Å². The van der Waals surface area contributed by atoms with Crippen molar-refractivity contribution in [3.63, 3.8) is 0 Å². The maximum Gasteiger partial charge on any atom is 0.270 e. The van der Waals surface area contributed by atoms with E-state index in [0.29, 0.717) is 28.9 Å². The molecule has 0 atom stereocenters. The van der Waals surface area contributed by atoms with E-state index in [1.165, 1.54) is 0 Å². The lowest BCUT2D eigenvalue weighted by Crippen LogP contribution is -2.32. The normalized spacial score (nSPS) is 10.7. The fourth-order valence-electron chi connectivity index (χ4n) is 1.91. The number of rotatable bonds is 6. The highest BCUT2D eigenvalue weighted by atomic mass is 35.5. The molecular formula is C16H20ClN5O. The van der Waals surface area contributed by atoms with E-state index in [1.807, 2.05) is 31.1 Å². The van der Waals surface area contributed by atoms with E-state index in [1.54, 1.807) is 25.1 Å². The SMILES string of the molecule is Cc1nc(Nc2ccc(Cl)cc2)cc(C(=O)NCCN(C)C)n1. The summed E-state index contributed by atoms with van der Waals surface area (Å²) in [5.74, 6) is 0.885. The molecule has 1 heterocycles. The van der Waals surface area contributed by atoms with Crippen molar-refractivity contribution < 1.29 is 4.79 Å². The number of hydrogen-bond acceptors (Lipinski definition) is 5. The Labute approximate surface area is 140 Å². The molecule has 6 nitrogen and oxygen atoms in total. The van der Waals surface area contributed by atoms with Crippen molar-refractivity contribution in [3.05, 3.63) is 46.9 Å². The minimum absolute atomic E-state index is 0.212. The summed E-state index contributed by atoms with van der Waals surface area (Å²) in [6.45, 7) is 3.09. The summed E-state index contributed by atoms with van der Waals surface area (Å²) >= 11 is 5.87. The van der Waals surface area contributed by atoms with Gasteiger partial charge in [-0.2, -0.15) is 0 Å². The molecule has 23 heavy (non-hydrogen) atoms. The van der Waals surface area contributed by atoms with Gasteiger partial charge < -0.3 is 15.5 Å². The Bertz CT molecular complexity index is 673. The van der Waals surface area contributed by atoms with Gasteiger partial charge in [0.2, 0.25) is 0 Å². The van der Waals surface area contributed by atoms with Crippen molar-refractivity contribution >= 4 is 29.0 Å². The van der Waals surface area contributed by atoms with Crippen molar-refractivity contribution in [2.45, 2.75) is 6.92 Å². The average molecular weight is 334 g/mol. The fourth-order valence-corrected chi connectivity index (χ4v) is 2.04. The minimum atomic E-state index is -0.212. The largest absolute Gasteiger partial charge is 0.349 e. The Morgan fingerprint density at radius 2 is 1.91 bits per heavy atom. The Kier molecular flexibility index (Phi) is 5.90.